The summed E-state index contributed by atoms with van der Waals surface area (Å²) in [5.41, 5.74) is 1.88. The van der Waals surface area contributed by atoms with Gasteiger partial charge in [-0.05, 0) is 43.7 Å². The molecule has 0 spiro atoms. The van der Waals surface area contributed by atoms with Gasteiger partial charge in [0.15, 0.2) is 11.5 Å². The normalized spacial score (nSPS) is 19.0. The molecule has 2 aliphatic heterocycles. The van der Waals surface area contributed by atoms with Crippen LogP contribution in [0, 0.1) is 6.92 Å². The third-order valence-corrected chi connectivity index (χ3v) is 6.08. The number of ether oxygens (including phenoxy) is 3. The lowest BCUT2D eigenvalue weighted by Crippen LogP contribution is -2.39. The van der Waals surface area contributed by atoms with E-state index in [1.54, 1.807) is 38.2 Å². The van der Waals surface area contributed by atoms with Gasteiger partial charge in [0.1, 0.15) is 23.6 Å². The van der Waals surface area contributed by atoms with Crippen LogP contribution in [0.25, 0.3) is 11.3 Å². The number of aromatic nitrogens is 1. The molecule has 1 atom stereocenters. The highest BCUT2D eigenvalue weighted by Crippen LogP contribution is 2.50. The van der Waals surface area contributed by atoms with Crippen molar-refractivity contribution in [3.05, 3.63) is 65.2 Å². The number of carbonyl (C=O) groups excluding carboxylic acids is 2. The summed E-state index contributed by atoms with van der Waals surface area (Å²) in [6.07, 6.45) is -3.77. The number of hydrogen-bond acceptors (Lipinski definition) is 6. The number of aryl methyl sites for hydroxylation is 1. The second-order valence-electron chi connectivity index (χ2n) is 8.56. The molecule has 0 fully saturated rings. The molecular weight excluding hydrogens is 460 g/mol. The van der Waals surface area contributed by atoms with Gasteiger partial charge < -0.3 is 24.8 Å². The van der Waals surface area contributed by atoms with Crippen LogP contribution in [0.2, 0.25) is 0 Å². The highest BCUT2D eigenvalue weighted by molar-refractivity contribution is 6.00. The second kappa shape index (κ2) is 7.93. The van der Waals surface area contributed by atoms with Gasteiger partial charge in [0.2, 0.25) is 5.91 Å². The Kier molecular flexibility index (Phi) is 5.12. The Morgan fingerprint density at radius 3 is 2.51 bits per heavy atom. The van der Waals surface area contributed by atoms with Crippen LogP contribution in [-0.4, -0.2) is 36.7 Å². The standard InChI is InChI=1S/C25H21F2N3O5/c1-13-7-8-20(29-21(13)14-5-4-6-15(9-14)22(31)28-3)30-23(32)24(2)12-33-17-11-19-18(10-16(17)24)34-25(26,27)35-19/h4-11H,12H2,1-3H3,(H,28,31)(H,29,30,32). The molecule has 0 saturated heterocycles. The summed E-state index contributed by atoms with van der Waals surface area (Å²) >= 11 is 0. The predicted molar refractivity (Wildman–Crippen MR) is 122 cm³/mol. The summed E-state index contributed by atoms with van der Waals surface area (Å²) < 4.78 is 41.6. The van der Waals surface area contributed by atoms with E-state index in [2.05, 4.69) is 25.1 Å². The van der Waals surface area contributed by atoms with E-state index >= 15 is 0 Å². The van der Waals surface area contributed by atoms with E-state index in [1.807, 2.05) is 19.1 Å². The monoisotopic (exact) mass is 481 g/mol. The molecule has 0 bridgehead atoms. The van der Waals surface area contributed by atoms with Gasteiger partial charge in [0.25, 0.3) is 5.91 Å². The van der Waals surface area contributed by atoms with Crippen molar-refractivity contribution < 1.29 is 32.6 Å². The first-order chi connectivity index (χ1) is 16.6. The Hall–Kier alpha value is -4.21. The molecule has 0 radical (unpaired) electrons. The lowest BCUT2D eigenvalue weighted by molar-refractivity contribution is -0.286. The lowest BCUT2D eigenvalue weighted by atomic mass is 9.83. The molecule has 1 unspecified atom stereocenters. The van der Waals surface area contributed by atoms with Gasteiger partial charge in [-0.25, -0.2) is 4.98 Å². The number of alkyl halides is 2. The van der Waals surface area contributed by atoms with E-state index in [0.717, 1.165) is 5.56 Å². The van der Waals surface area contributed by atoms with Crippen molar-refractivity contribution in [2.24, 2.45) is 0 Å². The number of rotatable bonds is 4. The minimum absolute atomic E-state index is 0.000343. The summed E-state index contributed by atoms with van der Waals surface area (Å²) in [7, 11) is 1.55. The summed E-state index contributed by atoms with van der Waals surface area (Å²) in [6.45, 7) is 3.53. The highest BCUT2D eigenvalue weighted by atomic mass is 19.3. The Labute approximate surface area is 199 Å². The smallest absolute Gasteiger partial charge is 0.492 e. The van der Waals surface area contributed by atoms with Gasteiger partial charge in [-0.15, -0.1) is 8.78 Å². The zero-order valence-corrected chi connectivity index (χ0v) is 19.1. The zero-order chi connectivity index (χ0) is 25.0. The number of amides is 2. The van der Waals surface area contributed by atoms with E-state index in [4.69, 9.17) is 4.74 Å². The van der Waals surface area contributed by atoms with Crippen molar-refractivity contribution in [2.45, 2.75) is 25.6 Å². The zero-order valence-electron chi connectivity index (χ0n) is 19.1. The second-order valence-corrected chi connectivity index (χ2v) is 8.56. The SMILES string of the molecule is CNC(=O)c1cccc(-c2nc(NC(=O)C3(C)COc4cc5c(cc43)OC(F)(F)O5)ccc2C)c1. The fourth-order valence-electron chi connectivity index (χ4n) is 4.11. The molecule has 0 saturated carbocycles. The molecule has 2 amide bonds. The Bertz CT molecular complexity index is 1380. The molecule has 2 N–H and O–H groups in total. The first-order valence-corrected chi connectivity index (χ1v) is 10.8. The molecule has 35 heavy (non-hydrogen) atoms. The summed E-state index contributed by atoms with van der Waals surface area (Å²) in [6, 6.07) is 13.1. The number of halogens is 2. The van der Waals surface area contributed by atoms with E-state index in [1.165, 1.54) is 12.1 Å². The molecule has 1 aromatic heterocycles. The van der Waals surface area contributed by atoms with Gasteiger partial charge in [-0.2, -0.15) is 0 Å². The van der Waals surface area contributed by atoms with Crippen LogP contribution < -0.4 is 24.8 Å². The molecule has 0 aliphatic carbocycles. The van der Waals surface area contributed by atoms with Crippen LogP contribution in [0.3, 0.4) is 0 Å². The number of carbonyl (C=O) groups is 2. The molecule has 3 heterocycles. The number of nitrogens with one attached hydrogen (secondary N) is 2. The Morgan fingerprint density at radius 2 is 1.77 bits per heavy atom. The average molecular weight is 481 g/mol. The number of nitrogens with zero attached hydrogens (tertiary/aromatic N) is 1. The van der Waals surface area contributed by atoms with Gasteiger partial charge >= 0.3 is 6.29 Å². The Morgan fingerprint density at radius 1 is 1.03 bits per heavy atom. The number of fused-ring (bicyclic) bond motifs is 2. The lowest BCUT2D eigenvalue weighted by Gasteiger charge is -2.22. The van der Waals surface area contributed by atoms with Crippen LogP contribution in [0.1, 0.15) is 28.4 Å². The quantitative estimate of drug-likeness (QED) is 0.584. The molecule has 180 valence electrons. The predicted octanol–water partition coefficient (Wildman–Crippen LogP) is 4.03. The van der Waals surface area contributed by atoms with Crippen molar-refractivity contribution in [1.82, 2.24) is 10.3 Å². The van der Waals surface area contributed by atoms with E-state index < -0.39 is 17.6 Å². The van der Waals surface area contributed by atoms with Gasteiger partial charge in [0, 0.05) is 29.8 Å². The first-order valence-electron chi connectivity index (χ1n) is 10.8. The molecule has 3 aromatic rings. The fraction of sp³-hybridized carbons (Fsp3) is 0.240. The third kappa shape index (κ3) is 3.90. The largest absolute Gasteiger partial charge is 0.586 e. The maximum Gasteiger partial charge on any atom is 0.586 e. The molecule has 5 rings (SSSR count). The molecule has 2 aliphatic rings. The fourth-order valence-corrected chi connectivity index (χ4v) is 4.11. The third-order valence-electron chi connectivity index (χ3n) is 6.08. The number of anilines is 1. The number of benzene rings is 2. The van der Waals surface area contributed by atoms with Crippen LogP contribution in [0.15, 0.2) is 48.5 Å². The molecule has 2 aromatic carbocycles. The van der Waals surface area contributed by atoms with Crippen molar-refractivity contribution in [3.8, 4) is 28.5 Å². The highest BCUT2D eigenvalue weighted by Gasteiger charge is 2.49. The summed E-state index contributed by atoms with van der Waals surface area (Å²) in [4.78, 5) is 30.0. The minimum Gasteiger partial charge on any atom is -0.492 e. The van der Waals surface area contributed by atoms with Crippen molar-refractivity contribution in [2.75, 3.05) is 19.0 Å². The van der Waals surface area contributed by atoms with Crippen LogP contribution in [0.4, 0.5) is 14.6 Å². The van der Waals surface area contributed by atoms with Crippen molar-refractivity contribution >= 4 is 17.6 Å². The maximum atomic E-state index is 13.5. The van der Waals surface area contributed by atoms with Crippen molar-refractivity contribution in [3.63, 3.8) is 0 Å². The van der Waals surface area contributed by atoms with E-state index in [0.29, 0.717) is 28.2 Å². The van der Waals surface area contributed by atoms with Gasteiger partial charge in [0.05, 0.1) is 5.69 Å². The van der Waals surface area contributed by atoms with Gasteiger partial charge in [-0.1, -0.05) is 18.2 Å². The first kappa shape index (κ1) is 22.6. The molecular formula is C25H21F2N3O5. The number of pyridine rings is 1. The molecule has 8 nitrogen and oxygen atoms in total. The van der Waals surface area contributed by atoms with Crippen LogP contribution in [-0.2, 0) is 10.2 Å². The topological polar surface area (TPSA) is 98.8 Å². The number of hydrogen-bond donors (Lipinski definition) is 2. The Balaban J connectivity index is 1.43. The van der Waals surface area contributed by atoms with Crippen molar-refractivity contribution in [1.29, 1.82) is 0 Å². The summed E-state index contributed by atoms with van der Waals surface area (Å²) in [5.74, 6) is -0.398. The van der Waals surface area contributed by atoms with Crippen LogP contribution in [0.5, 0.6) is 17.2 Å². The summed E-state index contributed by atoms with van der Waals surface area (Å²) in [5, 5.41) is 5.39. The molecule has 10 heteroatoms. The van der Waals surface area contributed by atoms with Crippen LogP contribution >= 0.6 is 0 Å². The minimum atomic E-state index is -3.77. The van der Waals surface area contributed by atoms with E-state index in [-0.39, 0.29) is 29.8 Å². The average Bonchev–Trinajstić information content (AvgIpc) is 3.32. The van der Waals surface area contributed by atoms with Gasteiger partial charge in [-0.3, -0.25) is 9.59 Å². The maximum absolute atomic E-state index is 13.5. The van der Waals surface area contributed by atoms with E-state index in [9.17, 15) is 18.4 Å².